The number of aliphatic imine (C=N–C) groups is 1. The van der Waals surface area contributed by atoms with Crippen LogP contribution in [-0.2, 0) is 0 Å². The number of halogens is 1. The molecule has 90 valence electrons. The van der Waals surface area contributed by atoms with Crippen molar-refractivity contribution >= 4 is 29.0 Å². The van der Waals surface area contributed by atoms with Gasteiger partial charge in [-0.15, -0.1) is 0 Å². The van der Waals surface area contributed by atoms with Crippen LogP contribution in [0, 0.1) is 0 Å². The molecule has 1 aromatic rings. The van der Waals surface area contributed by atoms with Crippen molar-refractivity contribution in [3.63, 3.8) is 0 Å². The first kappa shape index (κ1) is 13.1. The molecule has 0 aliphatic heterocycles. The lowest BCUT2D eigenvalue weighted by molar-refractivity contribution is 0.0964. The Labute approximate surface area is 104 Å². The van der Waals surface area contributed by atoms with Crippen LogP contribution in [-0.4, -0.2) is 18.8 Å². The second-order valence-corrected chi connectivity index (χ2v) is 3.52. The molecule has 0 unspecified atom stereocenters. The molecule has 1 rings (SSSR count). The molecule has 1 amide bonds. The van der Waals surface area contributed by atoms with Gasteiger partial charge in [-0.2, -0.15) is 0 Å². The molecule has 5 N–H and O–H groups in total. The van der Waals surface area contributed by atoms with Crippen molar-refractivity contribution in [1.82, 2.24) is 5.32 Å². The number of nitrogens with one attached hydrogen (secondary N) is 1. The van der Waals surface area contributed by atoms with Crippen molar-refractivity contribution in [3.8, 4) is 0 Å². The van der Waals surface area contributed by atoms with Crippen LogP contribution < -0.4 is 16.8 Å². The normalized spacial score (nSPS) is 12.4. The lowest BCUT2D eigenvalue weighted by atomic mass is 10.1. The molecule has 6 heteroatoms. The van der Waals surface area contributed by atoms with Gasteiger partial charge < -0.3 is 16.8 Å². The van der Waals surface area contributed by atoms with Crippen LogP contribution in [0.25, 0.3) is 0 Å². The minimum Gasteiger partial charge on any atom is -0.403 e. The summed E-state index contributed by atoms with van der Waals surface area (Å²) in [5, 5.41) is 2.65. The van der Waals surface area contributed by atoms with Gasteiger partial charge in [-0.05, 0) is 12.1 Å². The van der Waals surface area contributed by atoms with Gasteiger partial charge in [-0.1, -0.05) is 23.7 Å². The van der Waals surface area contributed by atoms with E-state index in [1.54, 1.807) is 31.3 Å². The van der Waals surface area contributed by atoms with E-state index in [2.05, 4.69) is 10.3 Å². The molecule has 0 fully saturated rings. The molecule has 0 aliphatic rings. The zero-order valence-corrected chi connectivity index (χ0v) is 10.0. The standard InChI is InChI=1S/C11H13ClN4O/c1-15-11(17)7-4-2-3-5-9(7)16-10(14)8(12)6-13/h2-6H,13H2,1H3,(H2,14,16)(H,15,17). The van der Waals surface area contributed by atoms with Crippen molar-refractivity contribution in [2.45, 2.75) is 0 Å². The van der Waals surface area contributed by atoms with Crippen LogP contribution >= 0.6 is 11.6 Å². The van der Waals surface area contributed by atoms with Crippen LogP contribution in [0.3, 0.4) is 0 Å². The number of para-hydroxylation sites is 1. The third-order valence-electron chi connectivity index (χ3n) is 2.01. The van der Waals surface area contributed by atoms with Crippen LogP contribution in [0.2, 0.25) is 0 Å². The van der Waals surface area contributed by atoms with E-state index in [4.69, 9.17) is 23.1 Å². The molecule has 0 heterocycles. The van der Waals surface area contributed by atoms with Crippen LogP contribution in [0.5, 0.6) is 0 Å². The predicted octanol–water partition coefficient (Wildman–Crippen LogP) is 1.07. The summed E-state index contributed by atoms with van der Waals surface area (Å²) in [7, 11) is 1.54. The largest absolute Gasteiger partial charge is 0.403 e. The Morgan fingerprint density at radius 1 is 1.47 bits per heavy atom. The Kier molecular flexibility index (Phi) is 4.54. The van der Waals surface area contributed by atoms with Gasteiger partial charge in [-0.25, -0.2) is 4.99 Å². The van der Waals surface area contributed by atoms with Crippen molar-refractivity contribution in [3.05, 3.63) is 41.1 Å². The van der Waals surface area contributed by atoms with Crippen LogP contribution in [0.15, 0.2) is 40.5 Å². The van der Waals surface area contributed by atoms with E-state index in [1.165, 1.54) is 0 Å². The molecule has 0 bridgehead atoms. The Morgan fingerprint density at radius 2 is 2.12 bits per heavy atom. The second-order valence-electron chi connectivity index (χ2n) is 3.11. The fourth-order valence-corrected chi connectivity index (χ4v) is 1.21. The van der Waals surface area contributed by atoms with Crippen molar-refractivity contribution in [2.75, 3.05) is 7.05 Å². The maximum atomic E-state index is 11.6. The molecule has 17 heavy (non-hydrogen) atoms. The fraction of sp³-hybridized carbons (Fsp3) is 0.0909. The molecule has 0 radical (unpaired) electrons. The summed E-state index contributed by atoms with van der Waals surface area (Å²) < 4.78 is 0. The zero-order chi connectivity index (χ0) is 12.8. The van der Waals surface area contributed by atoms with Crippen LogP contribution in [0.4, 0.5) is 5.69 Å². The van der Waals surface area contributed by atoms with E-state index in [1.807, 2.05) is 0 Å². The number of carbonyl (C=O) groups is 1. The number of benzene rings is 1. The molecular weight excluding hydrogens is 240 g/mol. The summed E-state index contributed by atoms with van der Waals surface area (Å²) in [6, 6.07) is 6.79. The molecule has 0 aromatic heterocycles. The van der Waals surface area contributed by atoms with E-state index in [0.29, 0.717) is 11.3 Å². The Balaban J connectivity index is 3.19. The number of hydrogen-bond acceptors (Lipinski definition) is 3. The van der Waals surface area contributed by atoms with Gasteiger partial charge in [0.25, 0.3) is 5.91 Å². The molecule has 0 saturated heterocycles. The first-order chi connectivity index (χ1) is 8.10. The van der Waals surface area contributed by atoms with Crippen molar-refractivity contribution in [1.29, 1.82) is 0 Å². The maximum absolute atomic E-state index is 11.6. The zero-order valence-electron chi connectivity index (χ0n) is 9.27. The Bertz CT molecular complexity index is 482. The summed E-state index contributed by atoms with van der Waals surface area (Å²) in [5.41, 5.74) is 11.7. The topological polar surface area (TPSA) is 93.5 Å². The van der Waals surface area contributed by atoms with Gasteiger partial charge in [0.15, 0.2) is 0 Å². The highest BCUT2D eigenvalue weighted by Gasteiger charge is 2.09. The molecule has 0 atom stereocenters. The fourth-order valence-electron chi connectivity index (χ4n) is 1.17. The highest BCUT2D eigenvalue weighted by atomic mass is 35.5. The highest BCUT2D eigenvalue weighted by molar-refractivity contribution is 6.43. The first-order valence-electron chi connectivity index (χ1n) is 4.83. The lowest BCUT2D eigenvalue weighted by Crippen LogP contribution is -2.18. The predicted molar refractivity (Wildman–Crippen MR) is 69.2 cm³/mol. The van der Waals surface area contributed by atoms with Gasteiger partial charge in [-0.3, -0.25) is 4.79 Å². The number of rotatable bonds is 3. The number of nitrogens with zero attached hydrogens (tertiary/aromatic N) is 1. The van der Waals surface area contributed by atoms with Gasteiger partial charge in [0.1, 0.15) is 5.84 Å². The SMILES string of the molecule is CNC(=O)c1ccccc1N=C(N)C(Cl)=CN. The van der Waals surface area contributed by atoms with E-state index < -0.39 is 0 Å². The van der Waals surface area contributed by atoms with Gasteiger partial charge in [0, 0.05) is 13.2 Å². The van der Waals surface area contributed by atoms with E-state index >= 15 is 0 Å². The smallest absolute Gasteiger partial charge is 0.253 e. The summed E-state index contributed by atoms with van der Waals surface area (Å²) in [6.45, 7) is 0. The third-order valence-corrected chi connectivity index (χ3v) is 2.33. The number of nitrogens with two attached hydrogens (primary N) is 2. The molecule has 5 nitrogen and oxygen atoms in total. The molecule has 1 aromatic carbocycles. The summed E-state index contributed by atoms with van der Waals surface area (Å²) in [4.78, 5) is 15.6. The number of hydrogen-bond donors (Lipinski definition) is 3. The average Bonchev–Trinajstić information content (AvgIpc) is 2.37. The lowest BCUT2D eigenvalue weighted by Gasteiger charge is -2.04. The Morgan fingerprint density at radius 3 is 2.71 bits per heavy atom. The van der Waals surface area contributed by atoms with Gasteiger partial charge >= 0.3 is 0 Å². The number of amides is 1. The van der Waals surface area contributed by atoms with E-state index in [0.717, 1.165) is 6.20 Å². The van der Waals surface area contributed by atoms with Crippen LogP contribution in [0.1, 0.15) is 10.4 Å². The summed E-state index contributed by atoms with van der Waals surface area (Å²) in [5.74, 6) is -0.185. The molecule has 0 spiro atoms. The Hall–Kier alpha value is -2.01. The molecule has 0 aliphatic carbocycles. The molecule has 0 saturated carbocycles. The maximum Gasteiger partial charge on any atom is 0.253 e. The summed E-state index contributed by atoms with van der Waals surface area (Å²) in [6.07, 6.45) is 1.14. The first-order valence-corrected chi connectivity index (χ1v) is 5.21. The minimum absolute atomic E-state index is 0.0607. The van der Waals surface area contributed by atoms with Gasteiger partial charge in [0.2, 0.25) is 0 Å². The summed E-state index contributed by atoms with van der Waals surface area (Å²) >= 11 is 5.71. The van der Waals surface area contributed by atoms with Crippen molar-refractivity contribution in [2.24, 2.45) is 16.5 Å². The van der Waals surface area contributed by atoms with E-state index in [9.17, 15) is 4.79 Å². The highest BCUT2D eigenvalue weighted by Crippen LogP contribution is 2.19. The molecular formula is C11H13ClN4O. The minimum atomic E-state index is -0.245. The quantitative estimate of drug-likeness (QED) is 0.555. The average molecular weight is 253 g/mol. The second kappa shape index (κ2) is 5.91. The third kappa shape index (κ3) is 3.22. The number of carbonyl (C=O) groups excluding carboxylic acids is 1. The monoisotopic (exact) mass is 252 g/mol. The van der Waals surface area contributed by atoms with E-state index in [-0.39, 0.29) is 16.8 Å². The van der Waals surface area contributed by atoms with Crippen molar-refractivity contribution < 1.29 is 4.79 Å². The number of amidine groups is 1. The van der Waals surface area contributed by atoms with Gasteiger partial charge in [0.05, 0.1) is 16.3 Å².